The standard InChI is InChI=1S/C18H28N2O2/c1-14(2)13-22-16-8-10-20(11-9-16)18(21)17(19)12-15-6-4-3-5-7-15/h3-7,14,16-17H,8-13,19H2,1-2H3/t17-/m1/s1. The Hall–Kier alpha value is -1.39. The Morgan fingerprint density at radius 3 is 2.50 bits per heavy atom. The summed E-state index contributed by atoms with van der Waals surface area (Å²) >= 11 is 0. The molecule has 1 aliphatic rings. The van der Waals surface area contributed by atoms with E-state index in [1.54, 1.807) is 0 Å². The van der Waals surface area contributed by atoms with Gasteiger partial charge in [-0.2, -0.15) is 0 Å². The Morgan fingerprint density at radius 1 is 1.27 bits per heavy atom. The van der Waals surface area contributed by atoms with E-state index in [9.17, 15) is 4.79 Å². The lowest BCUT2D eigenvalue weighted by atomic mass is 10.0. The average molecular weight is 304 g/mol. The van der Waals surface area contributed by atoms with Crippen LogP contribution in [0.3, 0.4) is 0 Å². The van der Waals surface area contributed by atoms with Gasteiger partial charge in [0.2, 0.25) is 5.91 Å². The maximum absolute atomic E-state index is 12.4. The molecule has 1 aromatic rings. The van der Waals surface area contributed by atoms with Gasteiger partial charge in [0.25, 0.3) is 0 Å². The third-order valence-corrected chi connectivity index (χ3v) is 4.03. The number of likely N-dealkylation sites (tertiary alicyclic amines) is 1. The lowest BCUT2D eigenvalue weighted by molar-refractivity contribution is -0.135. The third-order valence-electron chi connectivity index (χ3n) is 4.03. The first-order chi connectivity index (χ1) is 10.6. The van der Waals surface area contributed by atoms with E-state index in [0.29, 0.717) is 12.3 Å². The molecule has 0 aromatic heterocycles. The van der Waals surface area contributed by atoms with Crippen LogP contribution in [0.15, 0.2) is 30.3 Å². The highest BCUT2D eigenvalue weighted by Crippen LogP contribution is 2.16. The van der Waals surface area contributed by atoms with Gasteiger partial charge in [-0.25, -0.2) is 0 Å². The van der Waals surface area contributed by atoms with E-state index in [-0.39, 0.29) is 12.0 Å². The highest BCUT2D eigenvalue weighted by molar-refractivity contribution is 5.82. The summed E-state index contributed by atoms with van der Waals surface area (Å²) in [6.45, 7) is 6.61. The van der Waals surface area contributed by atoms with Crippen molar-refractivity contribution in [2.45, 2.75) is 45.3 Å². The van der Waals surface area contributed by atoms with E-state index in [1.807, 2.05) is 35.2 Å². The van der Waals surface area contributed by atoms with Crippen molar-refractivity contribution in [1.29, 1.82) is 0 Å². The Morgan fingerprint density at radius 2 is 1.91 bits per heavy atom. The second-order valence-electron chi connectivity index (χ2n) is 6.55. The molecule has 0 spiro atoms. The van der Waals surface area contributed by atoms with Crippen LogP contribution in [0.4, 0.5) is 0 Å². The summed E-state index contributed by atoms with van der Waals surface area (Å²) in [6, 6.07) is 9.50. The van der Waals surface area contributed by atoms with Gasteiger partial charge in [0.1, 0.15) is 0 Å². The van der Waals surface area contributed by atoms with Crippen LogP contribution in [0.1, 0.15) is 32.3 Å². The van der Waals surface area contributed by atoms with Crippen molar-refractivity contribution in [1.82, 2.24) is 4.90 Å². The zero-order chi connectivity index (χ0) is 15.9. The van der Waals surface area contributed by atoms with Crippen LogP contribution in [0, 0.1) is 5.92 Å². The predicted molar refractivity (Wildman–Crippen MR) is 88.5 cm³/mol. The van der Waals surface area contributed by atoms with Crippen LogP contribution in [0.25, 0.3) is 0 Å². The molecule has 1 fully saturated rings. The van der Waals surface area contributed by atoms with Crippen LogP contribution < -0.4 is 5.73 Å². The number of benzene rings is 1. The molecule has 0 radical (unpaired) electrons. The van der Waals surface area contributed by atoms with E-state index in [1.165, 1.54) is 0 Å². The smallest absolute Gasteiger partial charge is 0.239 e. The molecule has 0 aliphatic carbocycles. The Balaban J connectivity index is 1.77. The van der Waals surface area contributed by atoms with Crippen molar-refractivity contribution < 1.29 is 9.53 Å². The molecule has 0 saturated carbocycles. The first kappa shape index (κ1) is 17.0. The number of nitrogens with two attached hydrogens (primary N) is 1. The molecule has 0 bridgehead atoms. The first-order valence-corrected chi connectivity index (χ1v) is 8.26. The van der Waals surface area contributed by atoms with Gasteiger partial charge >= 0.3 is 0 Å². The number of hydrogen-bond acceptors (Lipinski definition) is 3. The summed E-state index contributed by atoms with van der Waals surface area (Å²) in [6.07, 6.45) is 2.72. The highest BCUT2D eigenvalue weighted by Gasteiger charge is 2.26. The van der Waals surface area contributed by atoms with Crippen LogP contribution in [-0.2, 0) is 16.0 Å². The molecule has 22 heavy (non-hydrogen) atoms. The minimum absolute atomic E-state index is 0.0613. The van der Waals surface area contributed by atoms with Crippen LogP contribution in [0.2, 0.25) is 0 Å². The normalized spacial score (nSPS) is 17.7. The van der Waals surface area contributed by atoms with E-state index in [2.05, 4.69) is 13.8 Å². The lowest BCUT2D eigenvalue weighted by Gasteiger charge is -2.33. The van der Waals surface area contributed by atoms with Gasteiger partial charge in [0.05, 0.1) is 12.1 Å². The fourth-order valence-electron chi connectivity index (χ4n) is 2.76. The van der Waals surface area contributed by atoms with Gasteiger partial charge in [-0.15, -0.1) is 0 Å². The summed E-state index contributed by atoms with van der Waals surface area (Å²) in [4.78, 5) is 14.3. The number of ether oxygens (including phenoxy) is 1. The molecule has 1 heterocycles. The maximum Gasteiger partial charge on any atom is 0.239 e. The van der Waals surface area contributed by atoms with Gasteiger partial charge in [0.15, 0.2) is 0 Å². The molecule has 4 nitrogen and oxygen atoms in total. The summed E-state index contributed by atoms with van der Waals surface area (Å²) < 4.78 is 5.86. The Kier molecular flexibility index (Phi) is 6.40. The van der Waals surface area contributed by atoms with Gasteiger partial charge in [-0.05, 0) is 30.7 Å². The van der Waals surface area contributed by atoms with Crippen molar-refractivity contribution in [3.05, 3.63) is 35.9 Å². The second-order valence-corrected chi connectivity index (χ2v) is 6.55. The lowest BCUT2D eigenvalue weighted by Crippen LogP contribution is -2.49. The molecule has 1 aliphatic heterocycles. The third kappa shape index (κ3) is 5.11. The number of rotatable bonds is 6. The number of hydrogen-bond donors (Lipinski definition) is 1. The number of amides is 1. The van der Waals surface area contributed by atoms with Crippen molar-refractivity contribution >= 4 is 5.91 Å². The molecule has 1 saturated heterocycles. The fourth-order valence-corrected chi connectivity index (χ4v) is 2.76. The van der Waals surface area contributed by atoms with Gasteiger partial charge in [-0.1, -0.05) is 44.2 Å². The molecule has 1 atom stereocenters. The fraction of sp³-hybridized carbons (Fsp3) is 0.611. The minimum atomic E-state index is -0.449. The van der Waals surface area contributed by atoms with E-state index in [4.69, 9.17) is 10.5 Å². The highest BCUT2D eigenvalue weighted by atomic mass is 16.5. The zero-order valence-electron chi connectivity index (χ0n) is 13.7. The van der Waals surface area contributed by atoms with Crippen LogP contribution in [-0.4, -0.2) is 42.6 Å². The average Bonchev–Trinajstić information content (AvgIpc) is 2.53. The van der Waals surface area contributed by atoms with Crippen molar-refractivity contribution in [3.8, 4) is 0 Å². The molecule has 1 aromatic carbocycles. The predicted octanol–water partition coefficient (Wildman–Crippen LogP) is 2.22. The molecule has 122 valence electrons. The topological polar surface area (TPSA) is 55.6 Å². The monoisotopic (exact) mass is 304 g/mol. The number of piperidine rings is 1. The largest absolute Gasteiger partial charge is 0.378 e. The van der Waals surface area contributed by atoms with Crippen LogP contribution >= 0.6 is 0 Å². The molecule has 2 rings (SSSR count). The summed E-state index contributed by atoms with van der Waals surface area (Å²) in [5, 5.41) is 0. The minimum Gasteiger partial charge on any atom is -0.378 e. The quantitative estimate of drug-likeness (QED) is 0.877. The molecule has 4 heteroatoms. The summed E-state index contributed by atoms with van der Waals surface area (Å²) in [5.74, 6) is 0.616. The first-order valence-electron chi connectivity index (χ1n) is 8.26. The van der Waals surface area contributed by atoms with Crippen molar-refractivity contribution in [2.24, 2.45) is 11.7 Å². The SMILES string of the molecule is CC(C)COC1CCN(C(=O)[C@H](N)Cc2ccccc2)CC1. The van der Waals surface area contributed by atoms with Crippen molar-refractivity contribution in [3.63, 3.8) is 0 Å². The number of carbonyl (C=O) groups is 1. The second kappa shape index (κ2) is 8.30. The summed E-state index contributed by atoms with van der Waals surface area (Å²) in [7, 11) is 0. The Labute approximate surface area is 133 Å². The maximum atomic E-state index is 12.4. The van der Waals surface area contributed by atoms with Gasteiger partial charge in [0, 0.05) is 19.7 Å². The van der Waals surface area contributed by atoms with Crippen molar-refractivity contribution in [2.75, 3.05) is 19.7 Å². The van der Waals surface area contributed by atoms with E-state index in [0.717, 1.165) is 38.1 Å². The Bertz CT molecular complexity index is 453. The van der Waals surface area contributed by atoms with Crippen LogP contribution in [0.5, 0.6) is 0 Å². The number of nitrogens with zero attached hydrogens (tertiary/aromatic N) is 1. The van der Waals surface area contributed by atoms with E-state index < -0.39 is 6.04 Å². The molecule has 1 amide bonds. The van der Waals surface area contributed by atoms with Gasteiger partial charge in [-0.3, -0.25) is 4.79 Å². The molecule has 2 N–H and O–H groups in total. The molecular formula is C18H28N2O2. The zero-order valence-corrected chi connectivity index (χ0v) is 13.7. The summed E-state index contributed by atoms with van der Waals surface area (Å²) in [5.41, 5.74) is 7.20. The van der Waals surface area contributed by atoms with E-state index >= 15 is 0 Å². The molecule has 0 unspecified atom stereocenters. The number of carbonyl (C=O) groups excluding carboxylic acids is 1. The van der Waals surface area contributed by atoms with Gasteiger partial charge < -0.3 is 15.4 Å². The molecular weight excluding hydrogens is 276 g/mol.